The summed E-state index contributed by atoms with van der Waals surface area (Å²) in [7, 11) is 1.49. The van der Waals surface area contributed by atoms with E-state index in [0.29, 0.717) is 27.6 Å². The highest BCUT2D eigenvalue weighted by Crippen LogP contribution is 2.26. The molecule has 0 saturated carbocycles. The van der Waals surface area contributed by atoms with Gasteiger partial charge in [0.05, 0.1) is 23.3 Å². The second kappa shape index (κ2) is 6.78. The third kappa shape index (κ3) is 3.45. The molecule has 0 aliphatic rings. The lowest BCUT2D eigenvalue weighted by atomic mass is 10.1. The number of hydrogen-bond acceptors (Lipinski definition) is 5. The van der Waals surface area contributed by atoms with Crippen LogP contribution in [-0.2, 0) is 6.54 Å². The van der Waals surface area contributed by atoms with Crippen LogP contribution in [0.2, 0.25) is 5.02 Å². The number of ether oxygens (including phenoxy) is 1. The van der Waals surface area contributed by atoms with Crippen molar-refractivity contribution in [2.45, 2.75) is 6.54 Å². The molecule has 0 aliphatic heterocycles. The van der Waals surface area contributed by atoms with Crippen molar-refractivity contribution < 1.29 is 9.66 Å². The Bertz CT molecular complexity index is 756. The normalized spacial score (nSPS) is 9.86. The second-order valence-corrected chi connectivity index (χ2v) is 4.84. The van der Waals surface area contributed by atoms with Gasteiger partial charge in [-0.2, -0.15) is 5.26 Å². The zero-order chi connectivity index (χ0) is 16.1. The minimum atomic E-state index is -0.466. The summed E-state index contributed by atoms with van der Waals surface area (Å²) in [6.07, 6.45) is 0. The van der Waals surface area contributed by atoms with Gasteiger partial charge in [0.2, 0.25) is 0 Å². The number of nitriles is 1. The number of nitrogens with one attached hydrogen (secondary N) is 1. The number of halogens is 1. The van der Waals surface area contributed by atoms with Gasteiger partial charge in [0.1, 0.15) is 11.8 Å². The zero-order valence-corrected chi connectivity index (χ0v) is 12.4. The summed E-state index contributed by atoms with van der Waals surface area (Å²) in [6.45, 7) is 0.279. The Kier molecular flexibility index (Phi) is 4.81. The summed E-state index contributed by atoms with van der Waals surface area (Å²) in [5, 5.41) is 23.5. The number of anilines is 1. The quantitative estimate of drug-likeness (QED) is 0.670. The van der Waals surface area contributed by atoms with Crippen molar-refractivity contribution in [3.63, 3.8) is 0 Å². The topological polar surface area (TPSA) is 88.2 Å². The average molecular weight is 318 g/mol. The van der Waals surface area contributed by atoms with E-state index in [9.17, 15) is 10.1 Å². The fraction of sp³-hybridized carbons (Fsp3) is 0.133. The number of hydrogen-bond donors (Lipinski definition) is 1. The number of nitro groups is 1. The summed E-state index contributed by atoms with van der Waals surface area (Å²) in [5.41, 5.74) is 1.60. The molecule has 0 aromatic heterocycles. The third-order valence-electron chi connectivity index (χ3n) is 3.05. The molecule has 22 heavy (non-hydrogen) atoms. The van der Waals surface area contributed by atoms with Gasteiger partial charge in [-0.3, -0.25) is 10.1 Å². The van der Waals surface area contributed by atoms with Crippen molar-refractivity contribution in [1.29, 1.82) is 5.26 Å². The molecule has 0 saturated heterocycles. The van der Waals surface area contributed by atoms with Gasteiger partial charge in [0.25, 0.3) is 5.69 Å². The summed E-state index contributed by atoms with van der Waals surface area (Å²) < 4.78 is 5.20. The molecule has 1 N–H and O–H groups in total. The fourth-order valence-corrected chi connectivity index (χ4v) is 2.14. The van der Waals surface area contributed by atoms with Gasteiger partial charge in [0.15, 0.2) is 0 Å². The Labute approximate surface area is 132 Å². The van der Waals surface area contributed by atoms with Crippen LogP contribution in [0, 0.1) is 21.4 Å². The standard InChI is InChI=1S/C15H12ClN3O3/c1-22-15-5-3-13(19(20)21)7-11(15)9-18-14-4-2-12(16)6-10(14)8-17/h2-7,18H,9H2,1H3. The molecule has 2 aromatic rings. The lowest BCUT2D eigenvalue weighted by molar-refractivity contribution is -0.384. The highest BCUT2D eigenvalue weighted by molar-refractivity contribution is 6.30. The van der Waals surface area contributed by atoms with Crippen LogP contribution in [0.25, 0.3) is 0 Å². The molecule has 0 aliphatic carbocycles. The van der Waals surface area contributed by atoms with Gasteiger partial charge in [-0.25, -0.2) is 0 Å². The number of rotatable bonds is 5. The molecule has 0 heterocycles. The minimum absolute atomic E-state index is 0.0192. The van der Waals surface area contributed by atoms with Crippen molar-refractivity contribution in [3.8, 4) is 11.8 Å². The Balaban J connectivity index is 2.26. The van der Waals surface area contributed by atoms with Gasteiger partial charge in [0, 0.05) is 29.3 Å². The molecule has 0 spiro atoms. The van der Waals surface area contributed by atoms with E-state index in [-0.39, 0.29) is 12.2 Å². The van der Waals surface area contributed by atoms with Crippen LogP contribution in [0.4, 0.5) is 11.4 Å². The molecule has 6 nitrogen and oxygen atoms in total. The predicted molar refractivity (Wildman–Crippen MR) is 83.1 cm³/mol. The Morgan fingerprint density at radius 2 is 2.14 bits per heavy atom. The van der Waals surface area contributed by atoms with E-state index in [1.165, 1.54) is 19.2 Å². The molecule has 7 heteroatoms. The number of methoxy groups -OCH3 is 1. The van der Waals surface area contributed by atoms with Crippen LogP contribution in [0.1, 0.15) is 11.1 Å². The molecule has 0 radical (unpaired) electrons. The number of benzene rings is 2. The highest BCUT2D eigenvalue weighted by atomic mass is 35.5. The first-order chi connectivity index (χ1) is 10.5. The summed E-state index contributed by atoms with van der Waals surface area (Å²) >= 11 is 5.84. The smallest absolute Gasteiger partial charge is 0.270 e. The predicted octanol–water partition coefficient (Wildman–Crippen LogP) is 3.74. The first-order valence-corrected chi connectivity index (χ1v) is 6.67. The van der Waals surface area contributed by atoms with E-state index in [4.69, 9.17) is 21.6 Å². The number of non-ortho nitro benzene ring substituents is 1. The Morgan fingerprint density at radius 3 is 2.77 bits per heavy atom. The molecule has 2 aromatic carbocycles. The van der Waals surface area contributed by atoms with E-state index in [0.717, 1.165) is 0 Å². The van der Waals surface area contributed by atoms with E-state index >= 15 is 0 Å². The van der Waals surface area contributed by atoms with E-state index in [1.54, 1.807) is 24.3 Å². The van der Waals surface area contributed by atoms with E-state index in [1.807, 2.05) is 6.07 Å². The second-order valence-electron chi connectivity index (χ2n) is 4.41. The molecule has 0 unspecified atom stereocenters. The molecule has 0 fully saturated rings. The molecule has 0 atom stereocenters. The minimum Gasteiger partial charge on any atom is -0.496 e. The Hall–Kier alpha value is -2.78. The maximum atomic E-state index is 10.9. The number of nitro benzene ring substituents is 1. The van der Waals surface area contributed by atoms with Crippen molar-refractivity contribution >= 4 is 23.0 Å². The molecule has 2 rings (SSSR count). The molecular formula is C15H12ClN3O3. The summed E-state index contributed by atoms with van der Waals surface area (Å²) in [4.78, 5) is 10.4. The highest BCUT2D eigenvalue weighted by Gasteiger charge is 2.12. The first kappa shape index (κ1) is 15.6. The Morgan fingerprint density at radius 1 is 1.36 bits per heavy atom. The maximum absolute atomic E-state index is 10.9. The maximum Gasteiger partial charge on any atom is 0.270 e. The van der Waals surface area contributed by atoms with Crippen LogP contribution in [0.5, 0.6) is 5.75 Å². The SMILES string of the molecule is COc1ccc([N+](=O)[O-])cc1CNc1ccc(Cl)cc1C#N. The van der Waals surface area contributed by atoms with Crippen molar-refractivity contribution in [3.05, 3.63) is 62.7 Å². The fourth-order valence-electron chi connectivity index (χ4n) is 1.97. The third-order valence-corrected chi connectivity index (χ3v) is 3.28. The van der Waals surface area contributed by atoms with Gasteiger partial charge < -0.3 is 10.1 Å². The molecule has 112 valence electrons. The summed E-state index contributed by atoms with van der Waals surface area (Å²) in [5.74, 6) is 0.533. The van der Waals surface area contributed by atoms with Crippen LogP contribution in [-0.4, -0.2) is 12.0 Å². The van der Waals surface area contributed by atoms with Gasteiger partial charge in [-0.1, -0.05) is 11.6 Å². The van der Waals surface area contributed by atoms with Crippen LogP contribution in [0.3, 0.4) is 0 Å². The molecule has 0 amide bonds. The van der Waals surface area contributed by atoms with Crippen LogP contribution < -0.4 is 10.1 Å². The lowest BCUT2D eigenvalue weighted by Crippen LogP contribution is -2.04. The monoisotopic (exact) mass is 317 g/mol. The van der Waals surface area contributed by atoms with Crippen molar-refractivity contribution in [2.24, 2.45) is 0 Å². The largest absolute Gasteiger partial charge is 0.496 e. The molecular weight excluding hydrogens is 306 g/mol. The van der Waals surface area contributed by atoms with Crippen molar-refractivity contribution in [2.75, 3.05) is 12.4 Å². The average Bonchev–Trinajstić information content (AvgIpc) is 2.53. The van der Waals surface area contributed by atoms with Crippen LogP contribution in [0.15, 0.2) is 36.4 Å². The van der Waals surface area contributed by atoms with Crippen molar-refractivity contribution in [1.82, 2.24) is 0 Å². The summed E-state index contributed by atoms with van der Waals surface area (Å²) in [6, 6.07) is 11.3. The lowest BCUT2D eigenvalue weighted by Gasteiger charge is -2.11. The zero-order valence-electron chi connectivity index (χ0n) is 11.7. The van der Waals surface area contributed by atoms with E-state index in [2.05, 4.69) is 5.32 Å². The van der Waals surface area contributed by atoms with Gasteiger partial charge in [-0.15, -0.1) is 0 Å². The first-order valence-electron chi connectivity index (χ1n) is 6.30. The number of nitrogens with zero attached hydrogens (tertiary/aromatic N) is 2. The van der Waals surface area contributed by atoms with Gasteiger partial charge in [-0.05, 0) is 24.3 Å². The van der Waals surface area contributed by atoms with Crippen LogP contribution >= 0.6 is 11.6 Å². The van der Waals surface area contributed by atoms with E-state index < -0.39 is 4.92 Å². The molecule has 0 bridgehead atoms. The van der Waals surface area contributed by atoms with Gasteiger partial charge >= 0.3 is 0 Å².